The standard InChI is InChI=1S/C14H20N2/c1-11(2)10-15-8-7-13-9-12-5-3-4-6-14(12)16-13/h3-6,9,11,15-16H,7-8,10H2,1-2H3. The summed E-state index contributed by atoms with van der Waals surface area (Å²) in [5, 5.41) is 4.76. The van der Waals surface area contributed by atoms with E-state index in [-0.39, 0.29) is 0 Å². The molecule has 2 N–H and O–H groups in total. The molecule has 0 atom stereocenters. The number of H-pyrrole nitrogens is 1. The van der Waals surface area contributed by atoms with E-state index in [1.807, 2.05) is 0 Å². The van der Waals surface area contributed by atoms with Crippen LogP contribution >= 0.6 is 0 Å². The van der Waals surface area contributed by atoms with Gasteiger partial charge >= 0.3 is 0 Å². The highest BCUT2D eigenvalue weighted by atomic mass is 14.9. The maximum absolute atomic E-state index is 3.46. The molecule has 0 saturated heterocycles. The molecule has 0 unspecified atom stereocenters. The SMILES string of the molecule is CC(C)CNCCc1cc2ccccc2[nH]1. The van der Waals surface area contributed by atoms with Crippen LogP contribution in [0.15, 0.2) is 30.3 Å². The number of hydrogen-bond donors (Lipinski definition) is 2. The third kappa shape index (κ3) is 2.86. The molecule has 2 nitrogen and oxygen atoms in total. The first kappa shape index (κ1) is 11.2. The lowest BCUT2D eigenvalue weighted by molar-refractivity contribution is 0.553. The van der Waals surface area contributed by atoms with Crippen molar-refractivity contribution < 1.29 is 0 Å². The second kappa shape index (κ2) is 5.17. The zero-order chi connectivity index (χ0) is 11.4. The zero-order valence-corrected chi connectivity index (χ0v) is 10.1. The lowest BCUT2D eigenvalue weighted by Crippen LogP contribution is -2.22. The molecule has 0 radical (unpaired) electrons. The zero-order valence-electron chi connectivity index (χ0n) is 10.1. The normalized spacial score (nSPS) is 11.4. The summed E-state index contributed by atoms with van der Waals surface area (Å²) < 4.78 is 0. The molecule has 2 rings (SSSR count). The van der Waals surface area contributed by atoms with Gasteiger partial charge in [-0.3, -0.25) is 0 Å². The first-order valence-electron chi connectivity index (χ1n) is 6.03. The topological polar surface area (TPSA) is 27.8 Å². The number of rotatable bonds is 5. The molecule has 2 aromatic rings. The van der Waals surface area contributed by atoms with Gasteiger partial charge in [0.15, 0.2) is 0 Å². The Hall–Kier alpha value is -1.28. The van der Waals surface area contributed by atoms with Gasteiger partial charge in [0.1, 0.15) is 0 Å². The van der Waals surface area contributed by atoms with E-state index < -0.39 is 0 Å². The Balaban J connectivity index is 1.89. The maximum Gasteiger partial charge on any atom is 0.0456 e. The van der Waals surface area contributed by atoms with E-state index in [0.717, 1.165) is 25.4 Å². The highest BCUT2D eigenvalue weighted by Gasteiger charge is 1.99. The quantitative estimate of drug-likeness (QED) is 0.739. The number of aromatic amines is 1. The second-order valence-corrected chi connectivity index (χ2v) is 4.73. The number of fused-ring (bicyclic) bond motifs is 1. The Morgan fingerprint density at radius 2 is 2.06 bits per heavy atom. The smallest absolute Gasteiger partial charge is 0.0456 e. The molecular weight excluding hydrogens is 196 g/mol. The average Bonchev–Trinajstić information content (AvgIpc) is 2.66. The summed E-state index contributed by atoms with van der Waals surface area (Å²) >= 11 is 0. The van der Waals surface area contributed by atoms with Crippen LogP contribution in [-0.2, 0) is 6.42 Å². The van der Waals surface area contributed by atoms with Crippen LogP contribution in [-0.4, -0.2) is 18.1 Å². The third-order valence-corrected chi connectivity index (χ3v) is 2.71. The number of benzene rings is 1. The van der Waals surface area contributed by atoms with Crippen molar-refractivity contribution in [3.63, 3.8) is 0 Å². The van der Waals surface area contributed by atoms with Crippen molar-refractivity contribution in [1.82, 2.24) is 10.3 Å². The maximum atomic E-state index is 3.46. The van der Waals surface area contributed by atoms with Gasteiger partial charge in [-0.15, -0.1) is 0 Å². The van der Waals surface area contributed by atoms with Crippen LogP contribution in [0.5, 0.6) is 0 Å². The van der Waals surface area contributed by atoms with Crippen molar-refractivity contribution in [1.29, 1.82) is 0 Å². The van der Waals surface area contributed by atoms with Crippen molar-refractivity contribution in [2.24, 2.45) is 5.92 Å². The lowest BCUT2D eigenvalue weighted by Gasteiger charge is -2.05. The van der Waals surface area contributed by atoms with E-state index in [1.54, 1.807) is 0 Å². The van der Waals surface area contributed by atoms with Crippen LogP contribution < -0.4 is 5.32 Å². The summed E-state index contributed by atoms with van der Waals surface area (Å²) in [6.45, 7) is 6.61. The van der Waals surface area contributed by atoms with Gasteiger partial charge < -0.3 is 10.3 Å². The predicted octanol–water partition coefficient (Wildman–Crippen LogP) is 2.96. The summed E-state index contributed by atoms with van der Waals surface area (Å²) in [6, 6.07) is 10.7. The average molecular weight is 216 g/mol. The van der Waals surface area contributed by atoms with Crippen LogP contribution in [0.1, 0.15) is 19.5 Å². The molecule has 0 fully saturated rings. The second-order valence-electron chi connectivity index (χ2n) is 4.73. The van der Waals surface area contributed by atoms with Crippen molar-refractivity contribution in [2.75, 3.05) is 13.1 Å². The van der Waals surface area contributed by atoms with E-state index in [9.17, 15) is 0 Å². The summed E-state index contributed by atoms with van der Waals surface area (Å²) in [5.41, 5.74) is 2.55. The molecule has 1 aromatic carbocycles. The minimum absolute atomic E-state index is 0.725. The Labute approximate surface area is 97.1 Å². The van der Waals surface area contributed by atoms with E-state index in [1.165, 1.54) is 16.6 Å². The van der Waals surface area contributed by atoms with Gasteiger partial charge in [0.2, 0.25) is 0 Å². The number of para-hydroxylation sites is 1. The Kier molecular flexibility index (Phi) is 3.62. The van der Waals surface area contributed by atoms with Gasteiger partial charge in [-0.1, -0.05) is 32.0 Å². The molecule has 1 heterocycles. The third-order valence-electron chi connectivity index (χ3n) is 2.71. The van der Waals surface area contributed by atoms with Gasteiger partial charge in [-0.2, -0.15) is 0 Å². The minimum atomic E-state index is 0.725. The molecule has 1 aromatic heterocycles. The molecule has 0 aliphatic rings. The highest BCUT2D eigenvalue weighted by Crippen LogP contribution is 2.14. The largest absolute Gasteiger partial charge is 0.358 e. The molecule has 16 heavy (non-hydrogen) atoms. The summed E-state index contributed by atoms with van der Waals surface area (Å²) in [4.78, 5) is 3.44. The van der Waals surface area contributed by atoms with Crippen molar-refractivity contribution >= 4 is 10.9 Å². The Morgan fingerprint density at radius 1 is 1.25 bits per heavy atom. The van der Waals surface area contributed by atoms with Gasteiger partial charge in [-0.25, -0.2) is 0 Å². The Bertz CT molecular complexity index is 410. The molecule has 0 aliphatic carbocycles. The molecule has 0 saturated carbocycles. The van der Waals surface area contributed by atoms with Gasteiger partial charge in [0, 0.05) is 17.8 Å². The van der Waals surface area contributed by atoms with Gasteiger partial charge in [0.05, 0.1) is 0 Å². The van der Waals surface area contributed by atoms with Crippen LogP contribution in [0.25, 0.3) is 10.9 Å². The fourth-order valence-electron chi connectivity index (χ4n) is 1.88. The molecule has 0 spiro atoms. The Morgan fingerprint density at radius 3 is 2.81 bits per heavy atom. The van der Waals surface area contributed by atoms with Crippen LogP contribution in [0, 0.1) is 5.92 Å². The molecule has 0 aliphatic heterocycles. The van der Waals surface area contributed by atoms with E-state index in [0.29, 0.717) is 0 Å². The molecule has 86 valence electrons. The van der Waals surface area contributed by atoms with Crippen molar-refractivity contribution in [3.8, 4) is 0 Å². The van der Waals surface area contributed by atoms with Gasteiger partial charge in [0.25, 0.3) is 0 Å². The number of nitrogens with one attached hydrogen (secondary N) is 2. The number of hydrogen-bond acceptors (Lipinski definition) is 1. The molecule has 2 heteroatoms. The van der Waals surface area contributed by atoms with Crippen molar-refractivity contribution in [2.45, 2.75) is 20.3 Å². The van der Waals surface area contributed by atoms with Gasteiger partial charge in [-0.05, 0) is 36.4 Å². The summed E-state index contributed by atoms with van der Waals surface area (Å²) in [7, 11) is 0. The fourth-order valence-corrected chi connectivity index (χ4v) is 1.88. The molecule has 0 bridgehead atoms. The highest BCUT2D eigenvalue weighted by molar-refractivity contribution is 5.80. The van der Waals surface area contributed by atoms with Crippen LogP contribution in [0.3, 0.4) is 0 Å². The van der Waals surface area contributed by atoms with E-state index in [4.69, 9.17) is 0 Å². The fraction of sp³-hybridized carbons (Fsp3) is 0.429. The van der Waals surface area contributed by atoms with E-state index >= 15 is 0 Å². The number of aromatic nitrogens is 1. The lowest BCUT2D eigenvalue weighted by atomic mass is 10.2. The molecular formula is C14H20N2. The predicted molar refractivity (Wildman–Crippen MR) is 69.7 cm³/mol. The minimum Gasteiger partial charge on any atom is -0.358 e. The van der Waals surface area contributed by atoms with Crippen molar-refractivity contribution in [3.05, 3.63) is 36.0 Å². The first-order chi connectivity index (χ1) is 7.75. The summed E-state index contributed by atoms with van der Waals surface area (Å²) in [5.74, 6) is 0.725. The van der Waals surface area contributed by atoms with Crippen LogP contribution in [0.4, 0.5) is 0 Å². The van der Waals surface area contributed by atoms with E-state index in [2.05, 4.69) is 54.5 Å². The van der Waals surface area contributed by atoms with Crippen LogP contribution in [0.2, 0.25) is 0 Å². The summed E-state index contributed by atoms with van der Waals surface area (Å²) in [6.07, 6.45) is 1.07. The first-order valence-corrected chi connectivity index (χ1v) is 6.03. The monoisotopic (exact) mass is 216 g/mol. The molecule has 0 amide bonds.